The molecule has 0 aliphatic heterocycles. The Morgan fingerprint density at radius 3 is 2.29 bits per heavy atom. The molecule has 4 saturated carbocycles. The molecule has 0 saturated heterocycles. The number of carbonyl (C=O) groups is 2. The Kier molecular flexibility index (Phi) is 4.98. The average Bonchev–Trinajstić information content (AvgIpc) is 2.63. The van der Waals surface area contributed by atoms with Crippen molar-refractivity contribution < 1.29 is 23.8 Å². The predicted molar refractivity (Wildman–Crippen MR) is 103 cm³/mol. The van der Waals surface area contributed by atoms with E-state index in [0.29, 0.717) is 24.9 Å². The lowest BCUT2D eigenvalue weighted by Gasteiger charge is -2.60. The van der Waals surface area contributed by atoms with Gasteiger partial charge < -0.3 is 19.5 Å². The molecule has 2 atom stereocenters. The monoisotopic (exact) mass is 387 g/mol. The number of esters is 1. The van der Waals surface area contributed by atoms with Crippen LogP contribution in [0.25, 0.3) is 0 Å². The van der Waals surface area contributed by atoms with Gasteiger partial charge in [0, 0.05) is 12.5 Å². The fraction of sp³-hybridized carbons (Fsp3) is 0.636. The van der Waals surface area contributed by atoms with Gasteiger partial charge in [-0.2, -0.15) is 0 Å². The summed E-state index contributed by atoms with van der Waals surface area (Å²) in [5.74, 6) is 2.39. The Morgan fingerprint density at radius 2 is 1.68 bits per heavy atom. The Labute approximate surface area is 165 Å². The molecule has 1 aromatic carbocycles. The summed E-state index contributed by atoms with van der Waals surface area (Å²) in [5, 5.41) is 3.18. The number of hydrogen-bond donors (Lipinski definition) is 1. The molecule has 4 bridgehead atoms. The summed E-state index contributed by atoms with van der Waals surface area (Å²) in [5.41, 5.74) is -0.652. The lowest BCUT2D eigenvalue weighted by atomic mass is 9.47. The van der Waals surface area contributed by atoms with Crippen molar-refractivity contribution in [2.75, 3.05) is 20.3 Å². The second-order valence-electron chi connectivity index (χ2n) is 8.86. The molecule has 152 valence electrons. The third-order valence-electron chi connectivity index (χ3n) is 6.58. The fourth-order valence-electron chi connectivity index (χ4n) is 6.14. The molecular formula is C22H29NO5. The van der Waals surface area contributed by atoms with Gasteiger partial charge in [-0.3, -0.25) is 9.59 Å². The van der Waals surface area contributed by atoms with Gasteiger partial charge in [-0.1, -0.05) is 0 Å². The average molecular weight is 387 g/mol. The van der Waals surface area contributed by atoms with Crippen LogP contribution in [0.2, 0.25) is 0 Å². The van der Waals surface area contributed by atoms with Gasteiger partial charge in [0.2, 0.25) is 5.91 Å². The Hall–Kier alpha value is -2.24. The van der Waals surface area contributed by atoms with Gasteiger partial charge in [0.15, 0.2) is 0 Å². The normalized spacial score (nSPS) is 32.6. The maximum absolute atomic E-state index is 13.0. The van der Waals surface area contributed by atoms with Gasteiger partial charge in [0.1, 0.15) is 24.7 Å². The van der Waals surface area contributed by atoms with Crippen LogP contribution in [0.5, 0.6) is 11.5 Å². The highest BCUT2D eigenvalue weighted by atomic mass is 16.6. The third kappa shape index (κ3) is 3.69. The summed E-state index contributed by atoms with van der Waals surface area (Å²) < 4.78 is 16.4. The molecule has 28 heavy (non-hydrogen) atoms. The highest BCUT2D eigenvalue weighted by Crippen LogP contribution is 2.62. The summed E-state index contributed by atoms with van der Waals surface area (Å²) in [6.45, 7) is 2.12. The zero-order chi connectivity index (χ0) is 19.8. The van der Waals surface area contributed by atoms with Gasteiger partial charge in [-0.05, 0) is 74.6 Å². The summed E-state index contributed by atoms with van der Waals surface area (Å²) in [4.78, 5) is 24.7. The fourth-order valence-corrected chi connectivity index (χ4v) is 6.14. The van der Waals surface area contributed by atoms with Crippen molar-refractivity contribution in [3.05, 3.63) is 24.3 Å². The lowest BCUT2D eigenvalue weighted by Crippen LogP contribution is -2.64. The molecule has 6 nitrogen and oxygen atoms in total. The van der Waals surface area contributed by atoms with E-state index in [1.165, 1.54) is 6.42 Å². The van der Waals surface area contributed by atoms with E-state index >= 15 is 0 Å². The number of carbonyl (C=O) groups excluding carboxylic acids is 2. The van der Waals surface area contributed by atoms with Crippen molar-refractivity contribution in [1.29, 1.82) is 0 Å². The van der Waals surface area contributed by atoms with Crippen LogP contribution >= 0.6 is 0 Å². The zero-order valence-corrected chi connectivity index (χ0v) is 16.7. The molecule has 0 spiro atoms. The molecule has 0 heterocycles. The first-order chi connectivity index (χ1) is 13.4. The van der Waals surface area contributed by atoms with Crippen molar-refractivity contribution in [2.45, 2.75) is 51.0 Å². The van der Waals surface area contributed by atoms with Crippen LogP contribution in [0, 0.1) is 17.3 Å². The first kappa shape index (κ1) is 19.1. The van der Waals surface area contributed by atoms with E-state index in [0.717, 1.165) is 37.2 Å². The Bertz CT molecular complexity index is 730. The smallest absolute Gasteiger partial charge is 0.312 e. The van der Waals surface area contributed by atoms with Crippen molar-refractivity contribution in [3.8, 4) is 11.5 Å². The minimum Gasteiger partial charge on any atom is -0.497 e. The molecule has 5 rings (SSSR count). The zero-order valence-electron chi connectivity index (χ0n) is 16.7. The molecule has 0 aromatic heterocycles. The highest BCUT2D eigenvalue weighted by molar-refractivity contribution is 5.79. The molecule has 4 aliphatic rings. The molecule has 6 heteroatoms. The molecule has 1 aromatic rings. The van der Waals surface area contributed by atoms with Gasteiger partial charge in [0.25, 0.3) is 0 Å². The number of methoxy groups -OCH3 is 1. The Morgan fingerprint density at radius 1 is 1.04 bits per heavy atom. The van der Waals surface area contributed by atoms with E-state index in [4.69, 9.17) is 14.2 Å². The van der Waals surface area contributed by atoms with E-state index in [1.54, 1.807) is 14.0 Å². The van der Waals surface area contributed by atoms with Gasteiger partial charge in [-0.25, -0.2) is 0 Å². The minimum atomic E-state index is -0.438. The molecule has 4 fully saturated rings. The minimum absolute atomic E-state index is 0.00152. The van der Waals surface area contributed by atoms with Crippen molar-refractivity contribution in [3.63, 3.8) is 0 Å². The summed E-state index contributed by atoms with van der Waals surface area (Å²) in [6.07, 6.45) is 5.67. The number of rotatable bonds is 7. The quantitative estimate of drug-likeness (QED) is 0.575. The summed E-state index contributed by atoms with van der Waals surface area (Å²) in [7, 11) is 1.62. The van der Waals surface area contributed by atoms with Crippen LogP contribution in [0.4, 0.5) is 0 Å². The van der Waals surface area contributed by atoms with Crippen LogP contribution in [0.15, 0.2) is 24.3 Å². The SMILES string of the molecule is COc1ccc(OCCOC(=O)C23C[C@H]4C[C@@H](CC(NC(C)=O)(C4)C2)C3)cc1. The van der Waals surface area contributed by atoms with Crippen LogP contribution in [-0.2, 0) is 14.3 Å². The number of nitrogens with one attached hydrogen (secondary N) is 1. The third-order valence-corrected chi connectivity index (χ3v) is 6.58. The molecular weight excluding hydrogens is 358 g/mol. The topological polar surface area (TPSA) is 73.9 Å². The largest absolute Gasteiger partial charge is 0.497 e. The van der Waals surface area contributed by atoms with Crippen molar-refractivity contribution in [1.82, 2.24) is 5.32 Å². The van der Waals surface area contributed by atoms with E-state index in [2.05, 4.69) is 5.32 Å². The molecule has 0 radical (unpaired) electrons. The molecule has 1 amide bonds. The lowest BCUT2D eigenvalue weighted by molar-refractivity contribution is -0.176. The maximum Gasteiger partial charge on any atom is 0.312 e. The number of ether oxygens (including phenoxy) is 3. The standard InChI is InChI=1S/C22H29NO5/c1-15(24)23-22-12-16-9-17(13-22)11-21(10-16,14-22)20(25)28-8-7-27-19-5-3-18(26-2)4-6-19/h3-6,16-17H,7-14H2,1-2H3,(H,23,24)/t16-,17-,21?,22?/m1/s1. The maximum atomic E-state index is 13.0. The molecule has 0 unspecified atom stereocenters. The highest BCUT2D eigenvalue weighted by Gasteiger charge is 2.61. The van der Waals surface area contributed by atoms with E-state index in [1.807, 2.05) is 24.3 Å². The first-order valence-electron chi connectivity index (χ1n) is 10.1. The van der Waals surface area contributed by atoms with Crippen LogP contribution in [0.3, 0.4) is 0 Å². The van der Waals surface area contributed by atoms with Crippen LogP contribution < -0.4 is 14.8 Å². The van der Waals surface area contributed by atoms with Crippen molar-refractivity contribution >= 4 is 11.9 Å². The summed E-state index contributed by atoms with van der Waals surface area (Å²) >= 11 is 0. The molecule has 4 aliphatic carbocycles. The molecule has 1 N–H and O–H groups in total. The second-order valence-corrected chi connectivity index (χ2v) is 8.86. The van der Waals surface area contributed by atoms with E-state index < -0.39 is 5.41 Å². The van der Waals surface area contributed by atoms with Crippen LogP contribution in [-0.4, -0.2) is 37.7 Å². The Balaban J connectivity index is 1.33. The number of benzene rings is 1. The van der Waals surface area contributed by atoms with E-state index in [9.17, 15) is 9.59 Å². The summed E-state index contributed by atoms with van der Waals surface area (Å²) in [6, 6.07) is 7.32. The first-order valence-corrected chi connectivity index (χ1v) is 10.1. The van der Waals surface area contributed by atoms with Gasteiger partial charge in [-0.15, -0.1) is 0 Å². The van der Waals surface area contributed by atoms with Crippen LogP contribution in [0.1, 0.15) is 45.4 Å². The predicted octanol–water partition coefficient (Wildman–Crippen LogP) is 3.09. The van der Waals surface area contributed by atoms with Crippen molar-refractivity contribution in [2.24, 2.45) is 17.3 Å². The van der Waals surface area contributed by atoms with Gasteiger partial charge >= 0.3 is 5.97 Å². The van der Waals surface area contributed by atoms with E-state index in [-0.39, 0.29) is 24.0 Å². The second kappa shape index (κ2) is 7.30. The number of amides is 1. The number of hydrogen-bond acceptors (Lipinski definition) is 5. The van der Waals surface area contributed by atoms with Gasteiger partial charge in [0.05, 0.1) is 12.5 Å².